The fourth-order valence-electron chi connectivity index (χ4n) is 7.32. The maximum atomic E-state index is 15.1. The minimum Gasteiger partial charge on any atom is -0.381 e. The number of hydrogen-bond acceptors (Lipinski definition) is 6. The number of methoxy groups -OCH3 is 1. The van der Waals surface area contributed by atoms with Gasteiger partial charge in [-0.3, -0.25) is 19.7 Å². The van der Waals surface area contributed by atoms with E-state index in [4.69, 9.17) is 9.73 Å². The van der Waals surface area contributed by atoms with Gasteiger partial charge in [0.15, 0.2) is 10.7 Å². The highest BCUT2D eigenvalue weighted by molar-refractivity contribution is 8.13. The maximum Gasteiger partial charge on any atom is 0.262 e. The van der Waals surface area contributed by atoms with Gasteiger partial charge in [-0.15, -0.1) is 0 Å². The van der Waals surface area contributed by atoms with Crippen LogP contribution < -0.4 is 0 Å². The van der Waals surface area contributed by atoms with Crippen molar-refractivity contribution in [1.29, 1.82) is 0 Å². The molecule has 7 heteroatoms. The number of amidine groups is 1. The number of carbonyl (C=O) groups is 1. The van der Waals surface area contributed by atoms with Gasteiger partial charge in [-0.2, -0.15) is 0 Å². The molecule has 3 aliphatic carbocycles. The van der Waals surface area contributed by atoms with E-state index in [1.54, 1.807) is 18.0 Å². The van der Waals surface area contributed by atoms with Gasteiger partial charge in [0.25, 0.3) is 5.91 Å². The minimum absolute atomic E-state index is 0.112. The molecule has 2 aromatic heterocycles. The lowest BCUT2D eigenvalue weighted by Gasteiger charge is -2.45. The van der Waals surface area contributed by atoms with Crippen molar-refractivity contribution in [2.75, 3.05) is 7.11 Å². The van der Waals surface area contributed by atoms with Crippen LogP contribution in [0.5, 0.6) is 0 Å². The summed E-state index contributed by atoms with van der Waals surface area (Å²) in [5.41, 5.74) is 4.48. The van der Waals surface area contributed by atoms with Gasteiger partial charge in [0.2, 0.25) is 0 Å². The number of carbonyl (C=O) groups excluding carboxylic acids is 1. The van der Waals surface area contributed by atoms with E-state index in [9.17, 15) is 0 Å². The molecule has 2 spiro atoms. The zero-order chi connectivity index (χ0) is 27.9. The molecule has 1 atom stereocenters. The second-order valence-corrected chi connectivity index (χ2v) is 13.2. The highest BCUT2D eigenvalue weighted by atomic mass is 32.2. The van der Waals surface area contributed by atoms with E-state index in [0.717, 1.165) is 66.6 Å². The van der Waals surface area contributed by atoms with Gasteiger partial charge in [0, 0.05) is 30.7 Å². The average Bonchev–Trinajstić information content (AvgIpc) is 3.76. The standard InChI is InChI=1S/C34H38N4O2S/c1-40-29-14-16-33(17-15-29)21-26-13-12-25(11-10-24-8-9-24)20-30(26)34(33)31(39)38(22-27-6-2-4-18-35-27)32(37-34)41-23-28-7-3-5-19-36-28/h2-7,12-13,18-20,24,29H,8-11,14-17,21-23H2,1H3. The number of thioether (sulfide) groups is 1. The summed E-state index contributed by atoms with van der Waals surface area (Å²) in [6.45, 7) is 0.420. The second kappa shape index (κ2) is 11.0. The van der Waals surface area contributed by atoms with Gasteiger partial charge < -0.3 is 4.74 Å². The normalized spacial score (nSPS) is 27.0. The zero-order valence-corrected chi connectivity index (χ0v) is 24.6. The number of fused-ring (bicyclic) bond motifs is 3. The Hall–Kier alpha value is -3.03. The van der Waals surface area contributed by atoms with Crippen LogP contribution in [0.2, 0.25) is 0 Å². The highest BCUT2D eigenvalue weighted by Gasteiger charge is 2.66. The fraction of sp³-hybridized carbons (Fsp3) is 0.471. The third kappa shape index (κ3) is 4.91. The number of benzene rings is 1. The van der Waals surface area contributed by atoms with E-state index in [1.165, 1.54) is 30.4 Å². The zero-order valence-electron chi connectivity index (χ0n) is 23.8. The first-order valence-corrected chi connectivity index (χ1v) is 16.1. The van der Waals surface area contributed by atoms with Crippen LogP contribution in [0.25, 0.3) is 0 Å². The van der Waals surface area contributed by atoms with Crippen molar-refractivity contribution >= 4 is 22.8 Å². The molecule has 1 amide bonds. The molecule has 1 unspecified atom stereocenters. The number of ether oxygens (including phenoxy) is 1. The van der Waals surface area contributed by atoms with Crippen LogP contribution >= 0.6 is 11.8 Å². The van der Waals surface area contributed by atoms with E-state index in [1.807, 2.05) is 54.6 Å². The number of pyridine rings is 2. The summed E-state index contributed by atoms with van der Waals surface area (Å²) in [6, 6.07) is 18.8. The summed E-state index contributed by atoms with van der Waals surface area (Å²) in [5, 5.41) is 0.788. The van der Waals surface area contributed by atoms with Gasteiger partial charge in [-0.25, -0.2) is 4.99 Å². The van der Waals surface area contributed by atoms with E-state index < -0.39 is 5.54 Å². The summed E-state index contributed by atoms with van der Waals surface area (Å²) in [7, 11) is 1.81. The SMILES string of the molecule is COC1CCC2(CC1)Cc1ccc(CCC3CC3)cc1C21N=C(SCc2ccccn2)N(Cc2ccccn2)C1=O. The Bertz CT molecular complexity index is 1430. The largest absolute Gasteiger partial charge is 0.381 e. The Morgan fingerprint density at radius 2 is 1.73 bits per heavy atom. The first kappa shape index (κ1) is 26.8. The summed E-state index contributed by atoms with van der Waals surface area (Å²) in [5.74, 6) is 1.65. The molecule has 2 saturated carbocycles. The Kier molecular flexibility index (Phi) is 7.20. The van der Waals surface area contributed by atoms with Gasteiger partial charge in [0.05, 0.1) is 24.0 Å². The number of aromatic nitrogens is 2. The van der Waals surface area contributed by atoms with Crippen molar-refractivity contribution in [2.24, 2.45) is 16.3 Å². The van der Waals surface area contributed by atoms with Crippen LogP contribution in [0, 0.1) is 11.3 Å². The molecule has 0 N–H and O–H groups in total. The molecule has 1 aliphatic heterocycles. The van der Waals surface area contributed by atoms with Gasteiger partial charge >= 0.3 is 0 Å². The van der Waals surface area contributed by atoms with Crippen LogP contribution in [0.3, 0.4) is 0 Å². The summed E-state index contributed by atoms with van der Waals surface area (Å²) in [6.07, 6.45) is 13.6. The first-order chi connectivity index (χ1) is 20.1. The third-order valence-corrected chi connectivity index (χ3v) is 10.8. The lowest BCUT2D eigenvalue weighted by molar-refractivity contribution is -0.138. The van der Waals surface area contributed by atoms with Crippen molar-refractivity contribution in [3.63, 3.8) is 0 Å². The number of rotatable bonds is 8. The van der Waals surface area contributed by atoms with Crippen molar-refractivity contribution in [1.82, 2.24) is 14.9 Å². The quantitative estimate of drug-likeness (QED) is 0.312. The van der Waals surface area contributed by atoms with Crippen molar-refractivity contribution in [3.8, 4) is 0 Å². The lowest BCUT2D eigenvalue weighted by atomic mass is 9.61. The monoisotopic (exact) mass is 566 g/mol. The molecule has 7 rings (SSSR count). The molecule has 6 nitrogen and oxygen atoms in total. The Balaban J connectivity index is 1.31. The number of hydrogen-bond donors (Lipinski definition) is 0. The van der Waals surface area contributed by atoms with E-state index in [0.29, 0.717) is 12.3 Å². The molecule has 41 heavy (non-hydrogen) atoms. The number of aliphatic imine (C=N–C) groups is 1. The maximum absolute atomic E-state index is 15.1. The highest BCUT2D eigenvalue weighted by Crippen LogP contribution is 2.62. The third-order valence-electron chi connectivity index (χ3n) is 9.79. The molecule has 1 aromatic carbocycles. The van der Waals surface area contributed by atoms with E-state index in [2.05, 4.69) is 28.2 Å². The summed E-state index contributed by atoms with van der Waals surface area (Å²) >= 11 is 1.62. The van der Waals surface area contributed by atoms with Crippen LogP contribution in [-0.2, 0) is 40.2 Å². The van der Waals surface area contributed by atoms with Crippen LogP contribution in [0.1, 0.15) is 73.0 Å². The number of amides is 1. The van der Waals surface area contributed by atoms with Crippen molar-refractivity contribution < 1.29 is 9.53 Å². The smallest absolute Gasteiger partial charge is 0.262 e. The molecule has 0 bridgehead atoms. The molecular formula is C34H38N4O2S. The lowest BCUT2D eigenvalue weighted by Crippen LogP contribution is -2.51. The predicted molar refractivity (Wildman–Crippen MR) is 162 cm³/mol. The topological polar surface area (TPSA) is 67.7 Å². The van der Waals surface area contributed by atoms with Gasteiger partial charge in [-0.1, -0.05) is 54.9 Å². The molecule has 0 radical (unpaired) electrons. The Labute approximate surface area is 247 Å². The first-order valence-electron chi connectivity index (χ1n) is 15.1. The summed E-state index contributed by atoms with van der Waals surface area (Å²) < 4.78 is 5.79. The van der Waals surface area contributed by atoms with Crippen LogP contribution in [0.4, 0.5) is 0 Å². The van der Waals surface area contributed by atoms with Crippen molar-refractivity contribution in [3.05, 3.63) is 95.1 Å². The van der Waals surface area contributed by atoms with Gasteiger partial charge in [-0.05, 0) is 91.8 Å². The summed E-state index contributed by atoms with van der Waals surface area (Å²) in [4.78, 5) is 31.7. The molecule has 2 fully saturated rings. The molecule has 3 heterocycles. The number of aryl methyl sites for hydroxylation is 1. The molecule has 212 valence electrons. The molecule has 3 aromatic rings. The number of nitrogens with zero attached hydrogens (tertiary/aromatic N) is 4. The minimum atomic E-state index is -0.905. The Morgan fingerprint density at radius 3 is 2.41 bits per heavy atom. The van der Waals surface area contributed by atoms with Crippen LogP contribution in [-0.4, -0.2) is 39.2 Å². The van der Waals surface area contributed by atoms with E-state index in [-0.39, 0.29) is 17.4 Å². The predicted octanol–water partition coefficient (Wildman–Crippen LogP) is 6.48. The molecule has 0 saturated heterocycles. The second-order valence-electron chi connectivity index (χ2n) is 12.3. The molecular weight excluding hydrogens is 528 g/mol. The fourth-order valence-corrected chi connectivity index (χ4v) is 8.28. The molecule has 4 aliphatic rings. The van der Waals surface area contributed by atoms with Gasteiger partial charge in [0.1, 0.15) is 0 Å². The van der Waals surface area contributed by atoms with Crippen LogP contribution in [0.15, 0.2) is 72.0 Å². The average molecular weight is 567 g/mol. The Morgan fingerprint density at radius 1 is 0.976 bits per heavy atom. The van der Waals surface area contributed by atoms with E-state index >= 15 is 4.79 Å². The van der Waals surface area contributed by atoms with Crippen molar-refractivity contribution in [2.45, 2.75) is 81.7 Å².